The van der Waals surface area contributed by atoms with Gasteiger partial charge in [0.1, 0.15) is 5.69 Å². The number of nitrogens with zero attached hydrogens (tertiary/aromatic N) is 1. The molecule has 0 spiro atoms. The molecule has 3 nitrogen and oxygen atoms in total. The molecule has 0 saturated heterocycles. The summed E-state index contributed by atoms with van der Waals surface area (Å²) in [5.41, 5.74) is 1.24. The van der Waals surface area contributed by atoms with Gasteiger partial charge in [0.2, 0.25) is 0 Å². The average Bonchev–Trinajstić information content (AvgIpc) is 3.17. The van der Waals surface area contributed by atoms with Crippen LogP contribution >= 0.6 is 39.1 Å². The largest absolute Gasteiger partial charge is 0.339 e. The van der Waals surface area contributed by atoms with E-state index in [9.17, 15) is 4.79 Å². The van der Waals surface area contributed by atoms with Crippen LogP contribution in [0.2, 0.25) is 10.0 Å². The van der Waals surface area contributed by atoms with E-state index >= 15 is 0 Å². The molecule has 1 aliphatic rings. The summed E-state index contributed by atoms with van der Waals surface area (Å²) in [4.78, 5) is 12.3. The van der Waals surface area contributed by atoms with E-state index in [1.54, 1.807) is 24.3 Å². The molecule has 0 atom stereocenters. The first kappa shape index (κ1) is 14.0. The standard InChI is InChI=1S/C14H11BrCl2N2O/c15-11-4-1-9(6-12(11)17)18-14(20)13-5-8(16)7-19(13)10-2-3-10/h1,4-7,10H,2-3H2,(H,18,20). The van der Waals surface area contributed by atoms with E-state index in [1.807, 2.05) is 10.8 Å². The van der Waals surface area contributed by atoms with E-state index in [4.69, 9.17) is 23.2 Å². The number of carbonyl (C=O) groups excluding carboxylic acids is 1. The number of halogens is 3. The van der Waals surface area contributed by atoms with Crippen molar-refractivity contribution in [3.8, 4) is 0 Å². The van der Waals surface area contributed by atoms with Crippen LogP contribution in [0.15, 0.2) is 34.9 Å². The number of hydrogen-bond acceptors (Lipinski definition) is 1. The molecule has 0 bridgehead atoms. The van der Waals surface area contributed by atoms with Gasteiger partial charge < -0.3 is 9.88 Å². The maximum Gasteiger partial charge on any atom is 0.272 e. The van der Waals surface area contributed by atoms with Gasteiger partial charge in [-0.15, -0.1) is 0 Å². The van der Waals surface area contributed by atoms with Gasteiger partial charge in [-0.1, -0.05) is 23.2 Å². The summed E-state index contributed by atoms with van der Waals surface area (Å²) in [7, 11) is 0. The van der Waals surface area contributed by atoms with Gasteiger partial charge in [-0.2, -0.15) is 0 Å². The molecule has 0 radical (unpaired) electrons. The van der Waals surface area contributed by atoms with E-state index in [0.29, 0.717) is 27.5 Å². The van der Waals surface area contributed by atoms with Crippen LogP contribution in [0, 0.1) is 0 Å². The molecule has 1 aliphatic carbocycles. The van der Waals surface area contributed by atoms with Gasteiger partial charge in [-0.25, -0.2) is 0 Å². The molecule has 20 heavy (non-hydrogen) atoms. The van der Waals surface area contributed by atoms with E-state index < -0.39 is 0 Å². The van der Waals surface area contributed by atoms with Crippen molar-refractivity contribution in [1.82, 2.24) is 4.57 Å². The number of rotatable bonds is 3. The van der Waals surface area contributed by atoms with Gasteiger partial charge in [0.25, 0.3) is 5.91 Å². The first-order valence-corrected chi connectivity index (χ1v) is 7.73. The zero-order chi connectivity index (χ0) is 14.3. The van der Waals surface area contributed by atoms with Crippen molar-refractivity contribution < 1.29 is 4.79 Å². The summed E-state index contributed by atoms with van der Waals surface area (Å²) in [6, 6.07) is 7.38. The second-order valence-electron chi connectivity index (χ2n) is 4.77. The molecule has 1 saturated carbocycles. The van der Waals surface area contributed by atoms with Crippen LogP contribution in [0.5, 0.6) is 0 Å². The second kappa shape index (κ2) is 5.43. The second-order valence-corrected chi connectivity index (χ2v) is 6.46. The summed E-state index contributed by atoms with van der Waals surface area (Å²) >= 11 is 15.3. The zero-order valence-corrected chi connectivity index (χ0v) is 13.5. The number of carbonyl (C=O) groups is 1. The lowest BCUT2D eigenvalue weighted by molar-refractivity contribution is 0.101. The van der Waals surface area contributed by atoms with E-state index in [-0.39, 0.29) is 5.91 Å². The maximum atomic E-state index is 12.3. The van der Waals surface area contributed by atoms with Crippen molar-refractivity contribution in [1.29, 1.82) is 0 Å². The van der Waals surface area contributed by atoms with E-state index in [0.717, 1.165) is 17.3 Å². The van der Waals surface area contributed by atoms with Gasteiger partial charge in [-0.05, 0) is 53.0 Å². The third kappa shape index (κ3) is 2.87. The van der Waals surface area contributed by atoms with Crippen LogP contribution in [-0.4, -0.2) is 10.5 Å². The Morgan fingerprint density at radius 2 is 2.05 bits per heavy atom. The molecule has 3 rings (SSSR count). The van der Waals surface area contributed by atoms with Crippen LogP contribution in [0.1, 0.15) is 29.4 Å². The van der Waals surface area contributed by atoms with E-state index in [1.165, 1.54) is 0 Å². The zero-order valence-electron chi connectivity index (χ0n) is 10.4. The lowest BCUT2D eigenvalue weighted by Gasteiger charge is -2.09. The lowest BCUT2D eigenvalue weighted by Crippen LogP contribution is -2.16. The highest BCUT2D eigenvalue weighted by molar-refractivity contribution is 9.10. The molecule has 1 aromatic carbocycles. The number of nitrogens with one attached hydrogen (secondary N) is 1. The minimum Gasteiger partial charge on any atom is -0.339 e. The highest BCUT2D eigenvalue weighted by Crippen LogP contribution is 2.37. The lowest BCUT2D eigenvalue weighted by atomic mass is 10.3. The monoisotopic (exact) mass is 372 g/mol. The normalized spacial score (nSPS) is 14.3. The average molecular weight is 374 g/mol. The quantitative estimate of drug-likeness (QED) is 0.793. The highest BCUT2D eigenvalue weighted by Gasteiger charge is 2.27. The Morgan fingerprint density at radius 3 is 2.70 bits per heavy atom. The molecule has 2 aromatic rings. The fourth-order valence-corrected chi connectivity index (χ4v) is 2.69. The van der Waals surface area contributed by atoms with Gasteiger partial charge in [-0.3, -0.25) is 4.79 Å². The molecule has 1 heterocycles. The molecule has 1 aromatic heterocycles. The molecule has 0 unspecified atom stereocenters. The number of anilines is 1. The fraction of sp³-hybridized carbons (Fsp3) is 0.214. The Balaban J connectivity index is 1.84. The Bertz CT molecular complexity index is 680. The number of benzene rings is 1. The number of amides is 1. The first-order chi connectivity index (χ1) is 9.54. The minimum absolute atomic E-state index is 0.179. The summed E-state index contributed by atoms with van der Waals surface area (Å²) in [6.45, 7) is 0. The third-order valence-electron chi connectivity index (χ3n) is 3.17. The van der Waals surface area contributed by atoms with Gasteiger partial charge in [0.05, 0.1) is 10.0 Å². The molecule has 0 aliphatic heterocycles. The van der Waals surface area contributed by atoms with Crippen LogP contribution in [0.3, 0.4) is 0 Å². The molecule has 1 fully saturated rings. The Morgan fingerprint density at radius 1 is 1.30 bits per heavy atom. The van der Waals surface area contributed by atoms with Crippen molar-refractivity contribution in [3.05, 3.63) is 50.7 Å². The summed E-state index contributed by atoms with van der Waals surface area (Å²) in [5, 5.41) is 3.97. The van der Waals surface area contributed by atoms with Crippen molar-refractivity contribution in [2.24, 2.45) is 0 Å². The summed E-state index contributed by atoms with van der Waals surface area (Å²) < 4.78 is 2.74. The SMILES string of the molecule is O=C(Nc1ccc(Br)c(Cl)c1)c1cc(Cl)cn1C1CC1. The minimum atomic E-state index is -0.179. The molecule has 1 amide bonds. The Hall–Kier alpha value is -0.970. The predicted molar refractivity (Wildman–Crippen MR) is 84.8 cm³/mol. The summed E-state index contributed by atoms with van der Waals surface area (Å²) in [5.74, 6) is -0.179. The van der Waals surface area contributed by atoms with Crippen molar-refractivity contribution in [2.75, 3.05) is 5.32 Å². The smallest absolute Gasteiger partial charge is 0.272 e. The number of aromatic nitrogens is 1. The first-order valence-electron chi connectivity index (χ1n) is 6.18. The summed E-state index contributed by atoms with van der Waals surface area (Å²) in [6.07, 6.45) is 3.99. The van der Waals surface area contributed by atoms with Crippen molar-refractivity contribution >= 4 is 50.7 Å². The maximum absolute atomic E-state index is 12.3. The van der Waals surface area contributed by atoms with Gasteiger partial charge in [0, 0.05) is 22.4 Å². The Labute approximate surface area is 135 Å². The molecular weight excluding hydrogens is 363 g/mol. The third-order valence-corrected chi connectivity index (χ3v) is 4.60. The highest BCUT2D eigenvalue weighted by atomic mass is 79.9. The molecule has 1 N–H and O–H groups in total. The van der Waals surface area contributed by atoms with E-state index in [2.05, 4.69) is 21.2 Å². The van der Waals surface area contributed by atoms with Crippen molar-refractivity contribution in [3.63, 3.8) is 0 Å². The molecule has 6 heteroatoms. The van der Waals surface area contributed by atoms with Crippen LogP contribution in [0.25, 0.3) is 0 Å². The topological polar surface area (TPSA) is 34.0 Å². The van der Waals surface area contributed by atoms with Gasteiger partial charge >= 0.3 is 0 Å². The number of hydrogen-bond donors (Lipinski definition) is 1. The predicted octanol–water partition coefficient (Wildman–Crippen LogP) is 5.14. The molecular formula is C14H11BrCl2N2O. The van der Waals surface area contributed by atoms with Crippen molar-refractivity contribution in [2.45, 2.75) is 18.9 Å². The van der Waals surface area contributed by atoms with Crippen LogP contribution in [0.4, 0.5) is 5.69 Å². The Kier molecular flexibility index (Phi) is 3.80. The van der Waals surface area contributed by atoms with Gasteiger partial charge in [0.15, 0.2) is 0 Å². The van der Waals surface area contributed by atoms with Crippen LogP contribution in [-0.2, 0) is 0 Å². The van der Waals surface area contributed by atoms with Crippen LogP contribution < -0.4 is 5.32 Å². The molecule has 104 valence electrons. The fourth-order valence-electron chi connectivity index (χ4n) is 2.05.